The number of imide groups is 1. The van der Waals surface area contributed by atoms with Crippen LogP contribution in [0.4, 0.5) is 10.5 Å². The van der Waals surface area contributed by atoms with E-state index in [0.717, 1.165) is 34.1 Å². The van der Waals surface area contributed by atoms with Crippen LogP contribution in [-0.2, 0) is 11.2 Å². The van der Waals surface area contributed by atoms with Gasteiger partial charge in [0.25, 0.3) is 11.8 Å². The van der Waals surface area contributed by atoms with E-state index in [-0.39, 0.29) is 11.8 Å². The number of benzene rings is 3. The quantitative estimate of drug-likeness (QED) is 0.342. The fourth-order valence-corrected chi connectivity index (χ4v) is 5.71. The van der Waals surface area contributed by atoms with Crippen molar-refractivity contribution in [3.8, 4) is 0 Å². The highest BCUT2D eigenvalue weighted by Crippen LogP contribution is 2.45. The summed E-state index contributed by atoms with van der Waals surface area (Å²) >= 11 is 0. The van der Waals surface area contributed by atoms with Gasteiger partial charge in [0.1, 0.15) is 12.1 Å². The van der Waals surface area contributed by atoms with Gasteiger partial charge in [-0.2, -0.15) is 0 Å². The summed E-state index contributed by atoms with van der Waals surface area (Å²) in [5.74, 6) is -0.150. The standard InChI is InChI=1S/C31H30N4O3/c1-19(2)16-17-32-29(36)22-13-7-9-15-25(22)35-30(37)26-18-23-21-12-6-8-14-24(21)33-27(23)28(34(26)31(35)38)20-10-4-3-5-11-20/h3-15,19,26,28,33H,16-18H2,1-2H3,(H,32,36). The molecule has 6 rings (SSSR count). The molecule has 0 saturated carbocycles. The number of aromatic amines is 1. The Labute approximate surface area is 221 Å². The van der Waals surface area contributed by atoms with Crippen LogP contribution in [0.2, 0.25) is 0 Å². The topological polar surface area (TPSA) is 85.5 Å². The van der Waals surface area contributed by atoms with Crippen LogP contribution in [0.1, 0.15) is 53.5 Å². The maximum Gasteiger partial charge on any atom is 0.332 e. The Hall–Kier alpha value is -4.39. The van der Waals surface area contributed by atoms with E-state index in [2.05, 4.69) is 30.2 Å². The number of fused-ring (bicyclic) bond motifs is 4. The first-order valence-electron chi connectivity index (χ1n) is 13.1. The molecule has 38 heavy (non-hydrogen) atoms. The van der Waals surface area contributed by atoms with Gasteiger partial charge in [-0.05, 0) is 41.7 Å². The van der Waals surface area contributed by atoms with Crippen LogP contribution >= 0.6 is 0 Å². The van der Waals surface area contributed by atoms with Crippen LogP contribution in [-0.4, -0.2) is 40.3 Å². The first kappa shape index (κ1) is 24.0. The van der Waals surface area contributed by atoms with Crippen molar-refractivity contribution in [2.45, 2.75) is 38.8 Å². The minimum Gasteiger partial charge on any atom is -0.356 e. The summed E-state index contributed by atoms with van der Waals surface area (Å²) in [5, 5.41) is 4.01. The number of para-hydroxylation sites is 2. The second-order valence-corrected chi connectivity index (χ2v) is 10.4. The Morgan fingerprint density at radius 2 is 1.68 bits per heavy atom. The highest BCUT2D eigenvalue weighted by atomic mass is 16.2. The lowest BCUT2D eigenvalue weighted by molar-refractivity contribution is -0.120. The molecule has 3 aromatic carbocycles. The number of carbonyl (C=O) groups is 3. The number of anilines is 1. The van der Waals surface area contributed by atoms with E-state index in [1.807, 2.05) is 48.5 Å². The molecule has 0 radical (unpaired) electrons. The van der Waals surface area contributed by atoms with E-state index in [1.165, 1.54) is 4.90 Å². The van der Waals surface area contributed by atoms with Gasteiger partial charge in [0.15, 0.2) is 0 Å². The SMILES string of the molecule is CC(C)CCNC(=O)c1ccccc1N1C(=O)C2Cc3c([nH]c4ccccc34)C(c3ccccc3)N2C1=O. The summed E-state index contributed by atoms with van der Waals surface area (Å²) in [6, 6.07) is 23.1. The molecular formula is C31H30N4O3. The summed E-state index contributed by atoms with van der Waals surface area (Å²) in [6.45, 7) is 4.72. The zero-order valence-corrected chi connectivity index (χ0v) is 21.5. The number of H-pyrrole nitrogens is 1. The lowest BCUT2D eigenvalue weighted by Crippen LogP contribution is -2.44. The molecule has 192 valence electrons. The summed E-state index contributed by atoms with van der Waals surface area (Å²) in [7, 11) is 0. The van der Waals surface area contributed by atoms with E-state index < -0.39 is 18.1 Å². The van der Waals surface area contributed by atoms with Gasteiger partial charge in [-0.1, -0.05) is 74.5 Å². The lowest BCUT2D eigenvalue weighted by atomic mass is 9.89. The van der Waals surface area contributed by atoms with Crippen LogP contribution in [0.3, 0.4) is 0 Å². The van der Waals surface area contributed by atoms with Crippen LogP contribution in [0, 0.1) is 5.92 Å². The molecule has 3 heterocycles. The normalized spacial score (nSPS) is 18.7. The average molecular weight is 507 g/mol. The third-order valence-electron chi connectivity index (χ3n) is 7.56. The van der Waals surface area contributed by atoms with Crippen molar-refractivity contribution >= 4 is 34.4 Å². The molecule has 4 amide bonds. The van der Waals surface area contributed by atoms with Crippen LogP contribution in [0.15, 0.2) is 78.9 Å². The third kappa shape index (κ3) is 3.86. The smallest absolute Gasteiger partial charge is 0.332 e. The Balaban J connectivity index is 1.42. The van der Waals surface area contributed by atoms with Crippen molar-refractivity contribution in [2.75, 3.05) is 11.4 Å². The summed E-state index contributed by atoms with van der Waals surface area (Å²) in [6.07, 6.45) is 1.25. The van der Waals surface area contributed by atoms with Crippen molar-refractivity contribution in [1.82, 2.24) is 15.2 Å². The molecule has 7 heteroatoms. The molecule has 0 aliphatic carbocycles. The molecule has 0 bridgehead atoms. The number of urea groups is 1. The molecule has 2 atom stereocenters. The van der Waals surface area contributed by atoms with E-state index in [4.69, 9.17) is 0 Å². The number of amides is 4. The van der Waals surface area contributed by atoms with Crippen molar-refractivity contribution < 1.29 is 14.4 Å². The number of carbonyl (C=O) groups excluding carboxylic acids is 3. The van der Waals surface area contributed by atoms with E-state index in [1.54, 1.807) is 29.2 Å². The molecule has 1 saturated heterocycles. The van der Waals surface area contributed by atoms with Crippen molar-refractivity contribution in [1.29, 1.82) is 0 Å². The number of rotatable bonds is 6. The van der Waals surface area contributed by atoms with Crippen LogP contribution < -0.4 is 10.2 Å². The molecular weight excluding hydrogens is 476 g/mol. The minimum atomic E-state index is -0.670. The fourth-order valence-electron chi connectivity index (χ4n) is 5.71. The highest BCUT2D eigenvalue weighted by Gasteiger charge is 2.53. The zero-order chi connectivity index (χ0) is 26.4. The highest BCUT2D eigenvalue weighted by molar-refractivity contribution is 6.24. The number of hydrogen-bond acceptors (Lipinski definition) is 3. The van der Waals surface area contributed by atoms with Gasteiger partial charge in [-0.15, -0.1) is 0 Å². The summed E-state index contributed by atoms with van der Waals surface area (Å²) in [5.41, 5.74) is 4.53. The van der Waals surface area contributed by atoms with Crippen LogP contribution in [0.25, 0.3) is 10.9 Å². The average Bonchev–Trinajstić information content (AvgIpc) is 3.42. The molecule has 2 aliphatic rings. The monoisotopic (exact) mass is 506 g/mol. The first-order valence-corrected chi connectivity index (χ1v) is 13.1. The fraction of sp³-hybridized carbons (Fsp3) is 0.258. The number of aromatic nitrogens is 1. The Kier molecular flexibility index (Phi) is 5.98. The maximum atomic E-state index is 14.1. The predicted octanol–water partition coefficient (Wildman–Crippen LogP) is 5.43. The molecule has 2 N–H and O–H groups in total. The number of nitrogens with zero attached hydrogens (tertiary/aromatic N) is 2. The van der Waals surface area contributed by atoms with Crippen molar-refractivity contribution in [2.24, 2.45) is 5.92 Å². The van der Waals surface area contributed by atoms with Gasteiger partial charge in [-0.25, -0.2) is 9.69 Å². The van der Waals surface area contributed by atoms with Crippen LogP contribution in [0.5, 0.6) is 0 Å². The molecule has 1 aromatic heterocycles. The zero-order valence-electron chi connectivity index (χ0n) is 21.5. The van der Waals surface area contributed by atoms with Crippen molar-refractivity contribution in [3.63, 3.8) is 0 Å². The van der Waals surface area contributed by atoms with Gasteiger partial charge in [0, 0.05) is 29.6 Å². The number of nitrogens with one attached hydrogen (secondary N) is 2. The second kappa shape index (κ2) is 9.49. The Morgan fingerprint density at radius 3 is 2.47 bits per heavy atom. The molecule has 1 fully saturated rings. The summed E-state index contributed by atoms with van der Waals surface area (Å²) < 4.78 is 0. The second-order valence-electron chi connectivity index (χ2n) is 10.4. The summed E-state index contributed by atoms with van der Waals surface area (Å²) in [4.78, 5) is 47.7. The molecule has 2 aliphatic heterocycles. The number of hydrogen-bond donors (Lipinski definition) is 2. The Bertz CT molecular complexity index is 1540. The molecule has 4 aromatic rings. The minimum absolute atomic E-state index is 0.289. The third-order valence-corrected chi connectivity index (χ3v) is 7.56. The van der Waals surface area contributed by atoms with E-state index in [9.17, 15) is 14.4 Å². The maximum absolute atomic E-state index is 14.1. The largest absolute Gasteiger partial charge is 0.356 e. The van der Waals surface area contributed by atoms with Gasteiger partial charge in [0.2, 0.25) is 0 Å². The van der Waals surface area contributed by atoms with Gasteiger partial charge in [0.05, 0.1) is 11.3 Å². The Morgan fingerprint density at radius 1 is 0.974 bits per heavy atom. The molecule has 7 nitrogen and oxygen atoms in total. The van der Waals surface area contributed by atoms with E-state index in [0.29, 0.717) is 30.1 Å². The van der Waals surface area contributed by atoms with E-state index >= 15 is 0 Å². The first-order chi connectivity index (χ1) is 18.5. The van der Waals surface area contributed by atoms with Gasteiger partial charge >= 0.3 is 6.03 Å². The van der Waals surface area contributed by atoms with Gasteiger partial charge < -0.3 is 10.3 Å². The van der Waals surface area contributed by atoms with Gasteiger partial charge in [-0.3, -0.25) is 14.5 Å². The lowest BCUT2D eigenvalue weighted by Gasteiger charge is -2.36. The molecule has 2 unspecified atom stereocenters. The predicted molar refractivity (Wildman–Crippen MR) is 147 cm³/mol. The van der Waals surface area contributed by atoms with Crippen molar-refractivity contribution in [3.05, 3.63) is 101 Å². The molecule has 0 spiro atoms.